The molecular weight excluding hydrogens is 316 g/mol. The van der Waals surface area contributed by atoms with Gasteiger partial charge in [0.25, 0.3) is 11.5 Å². The van der Waals surface area contributed by atoms with Gasteiger partial charge in [-0.05, 0) is 38.0 Å². The highest BCUT2D eigenvalue weighted by molar-refractivity contribution is 5.97. The molecule has 1 fully saturated rings. The van der Waals surface area contributed by atoms with Crippen molar-refractivity contribution in [3.8, 4) is 0 Å². The molecule has 0 radical (unpaired) electrons. The quantitative estimate of drug-likeness (QED) is 0.770. The fraction of sp³-hybridized carbons (Fsp3) is 0.421. The van der Waals surface area contributed by atoms with Gasteiger partial charge in [0.15, 0.2) is 0 Å². The van der Waals surface area contributed by atoms with Gasteiger partial charge in [0, 0.05) is 18.0 Å². The van der Waals surface area contributed by atoms with E-state index in [0.717, 1.165) is 29.7 Å². The lowest BCUT2D eigenvalue weighted by Gasteiger charge is -2.21. The molecule has 3 aromatic rings. The van der Waals surface area contributed by atoms with Crippen molar-refractivity contribution >= 4 is 22.5 Å². The van der Waals surface area contributed by atoms with E-state index in [1.54, 1.807) is 18.3 Å². The summed E-state index contributed by atoms with van der Waals surface area (Å²) in [6.07, 6.45) is 7.52. The number of hydrogen-bond acceptors (Lipinski definition) is 3. The molecule has 1 amide bonds. The summed E-state index contributed by atoms with van der Waals surface area (Å²) in [6, 6.07) is 5.38. The number of rotatable bonds is 3. The lowest BCUT2D eigenvalue weighted by molar-refractivity contribution is 0.0956. The molecule has 0 bridgehead atoms. The summed E-state index contributed by atoms with van der Waals surface area (Å²) in [6.45, 7) is 2.47. The van der Waals surface area contributed by atoms with Gasteiger partial charge in [0.05, 0.1) is 17.2 Å². The third-order valence-electron chi connectivity index (χ3n) is 5.08. The molecule has 1 saturated carbocycles. The zero-order valence-electron chi connectivity index (χ0n) is 14.3. The molecule has 0 aliphatic heterocycles. The van der Waals surface area contributed by atoms with Crippen molar-refractivity contribution in [2.45, 2.75) is 44.9 Å². The Morgan fingerprint density at radius 2 is 2.08 bits per heavy atom. The van der Waals surface area contributed by atoms with E-state index < -0.39 is 0 Å². The Hall–Kier alpha value is -2.63. The van der Waals surface area contributed by atoms with Gasteiger partial charge in [-0.2, -0.15) is 0 Å². The van der Waals surface area contributed by atoms with Crippen LogP contribution in [-0.4, -0.2) is 26.8 Å². The summed E-state index contributed by atoms with van der Waals surface area (Å²) in [4.78, 5) is 32.1. The van der Waals surface area contributed by atoms with Crippen molar-refractivity contribution in [2.24, 2.45) is 0 Å². The van der Waals surface area contributed by atoms with Crippen LogP contribution in [0.1, 0.15) is 61.1 Å². The first kappa shape index (κ1) is 15.9. The summed E-state index contributed by atoms with van der Waals surface area (Å²) >= 11 is 0. The third kappa shape index (κ3) is 2.71. The summed E-state index contributed by atoms with van der Waals surface area (Å²) in [5, 5.41) is 2.82. The second kappa shape index (κ2) is 6.35. The van der Waals surface area contributed by atoms with Crippen LogP contribution in [0.4, 0.5) is 0 Å². The van der Waals surface area contributed by atoms with Crippen LogP contribution in [0.2, 0.25) is 0 Å². The Balaban J connectivity index is 1.95. The number of carbonyl (C=O) groups excluding carboxylic acids is 1. The normalized spacial score (nSPS) is 15.7. The number of benzene rings is 1. The lowest BCUT2D eigenvalue weighted by Crippen LogP contribution is -2.23. The Labute approximate surface area is 145 Å². The standard InChI is InChI=1S/C19H22N4O2/c1-2-20-18(24)13-8-9-14-15(10-13)23-16(19(25)22-14)11-21-17(23)12-6-4-3-5-7-12/h8-12H,2-7H2,1H3,(H,20,24)(H,22,25). The number of carbonyl (C=O) groups is 1. The van der Waals surface area contributed by atoms with E-state index >= 15 is 0 Å². The van der Waals surface area contributed by atoms with Gasteiger partial charge in [-0.3, -0.25) is 14.0 Å². The smallest absolute Gasteiger partial charge is 0.274 e. The molecule has 4 rings (SSSR count). The first-order chi connectivity index (χ1) is 12.2. The first-order valence-electron chi connectivity index (χ1n) is 9.00. The molecule has 0 unspecified atom stereocenters. The molecule has 0 spiro atoms. The number of aromatic amines is 1. The molecule has 1 aliphatic rings. The van der Waals surface area contributed by atoms with Crippen LogP contribution in [0.15, 0.2) is 29.2 Å². The number of fused-ring (bicyclic) bond motifs is 3. The fourth-order valence-electron chi connectivity index (χ4n) is 3.84. The number of amides is 1. The predicted molar refractivity (Wildman–Crippen MR) is 97.2 cm³/mol. The molecule has 0 saturated heterocycles. The van der Waals surface area contributed by atoms with Gasteiger partial charge >= 0.3 is 0 Å². The van der Waals surface area contributed by atoms with Crippen molar-refractivity contribution in [1.29, 1.82) is 0 Å². The highest BCUT2D eigenvalue weighted by Crippen LogP contribution is 2.32. The summed E-state index contributed by atoms with van der Waals surface area (Å²) < 4.78 is 1.95. The van der Waals surface area contributed by atoms with Crippen LogP contribution in [0.5, 0.6) is 0 Å². The Morgan fingerprint density at radius 1 is 1.28 bits per heavy atom. The van der Waals surface area contributed by atoms with E-state index in [0.29, 0.717) is 23.5 Å². The van der Waals surface area contributed by atoms with Crippen molar-refractivity contribution in [1.82, 2.24) is 19.7 Å². The van der Waals surface area contributed by atoms with Crippen LogP contribution in [0, 0.1) is 0 Å². The fourth-order valence-corrected chi connectivity index (χ4v) is 3.84. The maximum Gasteiger partial charge on any atom is 0.274 e. The minimum absolute atomic E-state index is 0.108. The number of aromatic nitrogens is 3. The molecule has 6 heteroatoms. The van der Waals surface area contributed by atoms with Gasteiger partial charge in [-0.25, -0.2) is 4.98 Å². The molecule has 1 aliphatic carbocycles. The van der Waals surface area contributed by atoms with Crippen molar-refractivity contribution in [3.63, 3.8) is 0 Å². The monoisotopic (exact) mass is 338 g/mol. The van der Waals surface area contributed by atoms with E-state index in [1.165, 1.54) is 19.3 Å². The largest absolute Gasteiger partial charge is 0.352 e. The second-order valence-electron chi connectivity index (χ2n) is 6.72. The minimum atomic E-state index is -0.146. The Morgan fingerprint density at radius 3 is 2.84 bits per heavy atom. The predicted octanol–water partition coefficient (Wildman–Crippen LogP) is 2.97. The van der Waals surface area contributed by atoms with E-state index in [4.69, 9.17) is 0 Å². The highest BCUT2D eigenvalue weighted by Gasteiger charge is 2.22. The molecule has 130 valence electrons. The molecule has 1 aromatic carbocycles. The zero-order chi connectivity index (χ0) is 17.4. The third-order valence-corrected chi connectivity index (χ3v) is 5.08. The average molecular weight is 338 g/mol. The lowest BCUT2D eigenvalue weighted by atomic mass is 9.88. The molecule has 25 heavy (non-hydrogen) atoms. The number of nitrogens with zero attached hydrogens (tertiary/aromatic N) is 2. The molecule has 2 N–H and O–H groups in total. The SMILES string of the molecule is CCNC(=O)c1ccc2[nH]c(=O)c3cnc(C4CCCCC4)n3c2c1. The first-order valence-corrected chi connectivity index (χ1v) is 9.00. The van der Waals surface area contributed by atoms with Crippen molar-refractivity contribution < 1.29 is 4.79 Å². The van der Waals surface area contributed by atoms with Crippen LogP contribution in [0.25, 0.3) is 16.6 Å². The molecule has 6 nitrogen and oxygen atoms in total. The summed E-state index contributed by atoms with van der Waals surface area (Å²) in [7, 11) is 0. The topological polar surface area (TPSA) is 79.3 Å². The minimum Gasteiger partial charge on any atom is -0.352 e. The summed E-state index contributed by atoms with van der Waals surface area (Å²) in [5.41, 5.74) is 2.54. The van der Waals surface area contributed by atoms with Gasteiger partial charge in [-0.15, -0.1) is 0 Å². The number of imidazole rings is 1. The van der Waals surface area contributed by atoms with E-state index in [2.05, 4.69) is 15.3 Å². The number of hydrogen-bond donors (Lipinski definition) is 2. The van der Waals surface area contributed by atoms with Gasteiger partial charge in [-0.1, -0.05) is 19.3 Å². The van der Waals surface area contributed by atoms with Gasteiger partial charge in [0.1, 0.15) is 11.3 Å². The van der Waals surface area contributed by atoms with Crippen molar-refractivity contribution in [2.75, 3.05) is 6.54 Å². The van der Waals surface area contributed by atoms with E-state index in [-0.39, 0.29) is 11.5 Å². The zero-order valence-corrected chi connectivity index (χ0v) is 14.3. The van der Waals surface area contributed by atoms with Crippen LogP contribution in [0.3, 0.4) is 0 Å². The van der Waals surface area contributed by atoms with Gasteiger partial charge < -0.3 is 10.3 Å². The van der Waals surface area contributed by atoms with E-state index in [1.807, 2.05) is 17.4 Å². The van der Waals surface area contributed by atoms with Crippen LogP contribution < -0.4 is 10.9 Å². The maximum absolute atomic E-state index is 12.4. The molecular formula is C19H22N4O2. The van der Waals surface area contributed by atoms with Gasteiger partial charge in [0.2, 0.25) is 0 Å². The van der Waals surface area contributed by atoms with Crippen molar-refractivity contribution in [3.05, 3.63) is 46.1 Å². The van der Waals surface area contributed by atoms with Crippen LogP contribution in [-0.2, 0) is 0 Å². The molecule has 0 atom stereocenters. The molecule has 2 heterocycles. The van der Waals surface area contributed by atoms with E-state index in [9.17, 15) is 9.59 Å². The highest BCUT2D eigenvalue weighted by atomic mass is 16.1. The Bertz CT molecular complexity index is 996. The number of H-pyrrole nitrogens is 1. The summed E-state index contributed by atoms with van der Waals surface area (Å²) in [5.74, 6) is 1.20. The Kier molecular flexibility index (Phi) is 4.03. The maximum atomic E-state index is 12.4. The molecule has 2 aromatic heterocycles. The average Bonchev–Trinajstić information content (AvgIpc) is 3.08. The number of nitrogens with one attached hydrogen (secondary N) is 2. The second-order valence-corrected chi connectivity index (χ2v) is 6.72. The van der Waals surface area contributed by atoms with Crippen LogP contribution >= 0.6 is 0 Å².